The second-order valence-corrected chi connectivity index (χ2v) is 10.9. The van der Waals surface area contributed by atoms with Crippen molar-refractivity contribution in [2.45, 2.75) is 107 Å². The fourth-order valence-electron chi connectivity index (χ4n) is 6.13. The first-order valence-electron chi connectivity index (χ1n) is 12.8. The van der Waals surface area contributed by atoms with E-state index in [1.807, 2.05) is 0 Å². The van der Waals surface area contributed by atoms with Crippen LogP contribution in [-0.4, -0.2) is 73.9 Å². The molecule has 4 aliphatic rings. The molecular weight excluding hydrogens is 457 g/mol. The molecule has 1 spiro atoms. The SMILES string of the molecule is COC1C(C2(C)O[C@@H]2CC=C(C)C)[C@]2(CC[C@@H]1OC(=O)NC1CCC(NC(=O)CNF)CC1)CO2. The van der Waals surface area contributed by atoms with Crippen molar-refractivity contribution >= 4 is 12.0 Å². The second-order valence-electron chi connectivity index (χ2n) is 10.9. The molecule has 4 fully saturated rings. The van der Waals surface area contributed by atoms with E-state index in [2.05, 4.69) is 37.5 Å². The summed E-state index contributed by atoms with van der Waals surface area (Å²) in [5.74, 6) is -0.380. The van der Waals surface area contributed by atoms with Gasteiger partial charge in [-0.25, -0.2) is 4.79 Å². The first-order valence-corrected chi connectivity index (χ1v) is 12.8. The highest BCUT2D eigenvalue weighted by Crippen LogP contribution is 2.59. The quantitative estimate of drug-likeness (QED) is 0.255. The molecule has 2 aliphatic carbocycles. The molecule has 2 saturated carbocycles. The summed E-state index contributed by atoms with van der Waals surface area (Å²) >= 11 is 0. The van der Waals surface area contributed by atoms with Gasteiger partial charge >= 0.3 is 6.09 Å². The van der Waals surface area contributed by atoms with Gasteiger partial charge in [-0.05, 0) is 65.7 Å². The molecule has 9 nitrogen and oxygen atoms in total. The summed E-state index contributed by atoms with van der Waals surface area (Å²) in [7, 11) is 1.66. The van der Waals surface area contributed by atoms with Crippen molar-refractivity contribution in [1.29, 1.82) is 0 Å². The van der Waals surface area contributed by atoms with Crippen molar-refractivity contribution in [3.05, 3.63) is 11.6 Å². The highest BCUT2D eigenvalue weighted by molar-refractivity contribution is 5.78. The van der Waals surface area contributed by atoms with Crippen molar-refractivity contribution in [3.8, 4) is 0 Å². The number of nitrogens with one attached hydrogen (secondary N) is 3. The lowest BCUT2D eigenvalue weighted by Gasteiger charge is -2.42. The van der Waals surface area contributed by atoms with Gasteiger partial charge in [0, 0.05) is 19.2 Å². The molecule has 2 amide bonds. The largest absolute Gasteiger partial charge is 0.443 e. The fourth-order valence-corrected chi connectivity index (χ4v) is 6.13. The molecule has 0 aromatic heterocycles. The third kappa shape index (κ3) is 5.98. The van der Waals surface area contributed by atoms with Crippen LogP contribution < -0.4 is 16.2 Å². The Morgan fingerprint density at radius 3 is 2.34 bits per heavy atom. The number of halogens is 1. The molecular formula is C25H40FN3O6. The Morgan fingerprint density at radius 2 is 1.77 bits per heavy atom. The molecule has 10 heteroatoms. The molecule has 198 valence electrons. The van der Waals surface area contributed by atoms with E-state index in [0.29, 0.717) is 13.0 Å². The standard InChI is InChI=1S/C25H40FN3O6/c1-15(2)5-10-19-24(3,35-19)22-21(32-4)18(11-12-25(22)14-33-25)34-23(31)29-17-8-6-16(7-9-17)28-20(30)13-27-26/h5,16-19,21-22,27H,6-14H2,1-4H3,(H,28,30)(H,29,31)/t16?,17?,18-,19+,21?,22?,24?,25-/m0/s1. The summed E-state index contributed by atoms with van der Waals surface area (Å²) in [4.78, 5) is 24.4. The third-order valence-corrected chi connectivity index (χ3v) is 8.14. The molecule has 35 heavy (non-hydrogen) atoms. The summed E-state index contributed by atoms with van der Waals surface area (Å²) in [6, 6.07) is -0.0265. The van der Waals surface area contributed by atoms with Gasteiger partial charge in [0.05, 0.1) is 18.6 Å². The molecule has 6 atom stereocenters. The molecule has 0 aromatic carbocycles. The smallest absolute Gasteiger partial charge is 0.407 e. The number of epoxide rings is 2. The van der Waals surface area contributed by atoms with Gasteiger partial charge in [0.25, 0.3) is 0 Å². The van der Waals surface area contributed by atoms with Crippen LogP contribution in [0.15, 0.2) is 11.6 Å². The van der Waals surface area contributed by atoms with Crippen LogP contribution in [0, 0.1) is 5.92 Å². The zero-order valence-corrected chi connectivity index (χ0v) is 21.2. The van der Waals surface area contributed by atoms with E-state index in [4.69, 9.17) is 18.9 Å². The number of ether oxygens (including phenoxy) is 4. The average Bonchev–Trinajstić information content (AvgIpc) is 3.72. The molecule has 2 saturated heterocycles. The summed E-state index contributed by atoms with van der Waals surface area (Å²) in [6.07, 6.45) is 6.38. The first kappa shape index (κ1) is 26.3. The van der Waals surface area contributed by atoms with Gasteiger partial charge in [-0.15, -0.1) is 10.0 Å². The molecule has 4 rings (SSSR count). The van der Waals surface area contributed by atoms with Crippen LogP contribution in [0.3, 0.4) is 0 Å². The minimum absolute atomic E-state index is 0.00445. The number of methoxy groups -OCH3 is 1. The minimum Gasteiger partial charge on any atom is -0.443 e. The van der Waals surface area contributed by atoms with E-state index in [1.54, 1.807) is 7.11 Å². The van der Waals surface area contributed by atoms with Crippen LogP contribution in [0.5, 0.6) is 0 Å². The topological polar surface area (TPSA) is 114 Å². The maximum absolute atomic E-state index is 12.8. The second kappa shape index (κ2) is 10.7. The Morgan fingerprint density at radius 1 is 1.11 bits per heavy atom. The molecule has 3 unspecified atom stereocenters. The third-order valence-electron chi connectivity index (χ3n) is 8.14. The number of allylic oxidation sites excluding steroid dienone is 1. The summed E-state index contributed by atoms with van der Waals surface area (Å²) in [5.41, 5.74) is 1.99. The number of rotatable bonds is 9. The van der Waals surface area contributed by atoms with E-state index in [-0.39, 0.29) is 60.0 Å². The summed E-state index contributed by atoms with van der Waals surface area (Å²) in [5, 5.41) is 5.79. The zero-order chi connectivity index (χ0) is 25.2. The van der Waals surface area contributed by atoms with E-state index in [0.717, 1.165) is 38.5 Å². The van der Waals surface area contributed by atoms with E-state index < -0.39 is 6.09 Å². The number of amides is 2. The Kier molecular flexibility index (Phi) is 8.05. The van der Waals surface area contributed by atoms with Gasteiger partial charge in [-0.3, -0.25) is 4.79 Å². The van der Waals surface area contributed by atoms with Crippen LogP contribution >= 0.6 is 0 Å². The van der Waals surface area contributed by atoms with Gasteiger partial charge in [0.2, 0.25) is 5.91 Å². The molecule has 0 bridgehead atoms. The lowest BCUT2D eigenvalue weighted by Crippen LogP contribution is -2.56. The van der Waals surface area contributed by atoms with Gasteiger partial charge in [0.15, 0.2) is 0 Å². The number of hydrogen-bond acceptors (Lipinski definition) is 7. The fraction of sp³-hybridized carbons (Fsp3) is 0.840. The van der Waals surface area contributed by atoms with Crippen molar-refractivity contribution in [3.63, 3.8) is 0 Å². The number of alkyl carbamates (subject to hydrolysis) is 1. The normalized spacial score (nSPS) is 40.0. The molecule has 0 aromatic rings. The molecule has 2 heterocycles. The van der Waals surface area contributed by atoms with Crippen LogP contribution in [0.2, 0.25) is 0 Å². The first-order chi connectivity index (χ1) is 16.7. The molecule has 2 aliphatic heterocycles. The lowest BCUT2D eigenvalue weighted by molar-refractivity contribution is -0.121. The van der Waals surface area contributed by atoms with Crippen LogP contribution in [0.1, 0.15) is 65.7 Å². The zero-order valence-electron chi connectivity index (χ0n) is 21.2. The Bertz CT molecular complexity index is 809. The van der Waals surface area contributed by atoms with Crippen molar-refractivity contribution in [2.24, 2.45) is 5.92 Å². The lowest BCUT2D eigenvalue weighted by atomic mass is 9.68. The number of carbonyl (C=O) groups is 2. The summed E-state index contributed by atoms with van der Waals surface area (Å²) in [6.45, 7) is 6.63. The van der Waals surface area contributed by atoms with Crippen molar-refractivity contribution in [1.82, 2.24) is 16.2 Å². The van der Waals surface area contributed by atoms with Gasteiger partial charge in [-0.2, -0.15) is 0 Å². The monoisotopic (exact) mass is 497 g/mol. The van der Waals surface area contributed by atoms with Crippen molar-refractivity contribution < 1.29 is 33.0 Å². The highest BCUT2D eigenvalue weighted by Gasteiger charge is 2.72. The van der Waals surface area contributed by atoms with E-state index in [9.17, 15) is 14.1 Å². The maximum Gasteiger partial charge on any atom is 0.407 e. The van der Waals surface area contributed by atoms with Crippen LogP contribution in [0.4, 0.5) is 9.28 Å². The van der Waals surface area contributed by atoms with Crippen LogP contribution in [-0.2, 0) is 23.7 Å². The average molecular weight is 498 g/mol. The Balaban J connectivity index is 1.30. The maximum atomic E-state index is 12.8. The number of hydrogen-bond donors (Lipinski definition) is 3. The Hall–Kier alpha value is -1.75. The Labute approximate surface area is 206 Å². The highest BCUT2D eigenvalue weighted by atomic mass is 19.2. The summed E-state index contributed by atoms with van der Waals surface area (Å²) < 4.78 is 36.1. The molecule has 0 radical (unpaired) electrons. The predicted molar refractivity (Wildman–Crippen MR) is 126 cm³/mol. The van der Waals surface area contributed by atoms with Gasteiger partial charge < -0.3 is 29.6 Å². The van der Waals surface area contributed by atoms with Gasteiger partial charge in [-0.1, -0.05) is 11.6 Å². The van der Waals surface area contributed by atoms with Gasteiger partial charge in [0.1, 0.15) is 30.0 Å². The molecule has 3 N–H and O–H groups in total. The minimum atomic E-state index is -0.444. The number of carbonyl (C=O) groups excluding carboxylic acids is 2. The van der Waals surface area contributed by atoms with Crippen LogP contribution in [0.25, 0.3) is 0 Å². The predicted octanol–water partition coefficient (Wildman–Crippen LogP) is 2.69. The van der Waals surface area contributed by atoms with Crippen molar-refractivity contribution in [2.75, 3.05) is 20.3 Å². The van der Waals surface area contributed by atoms with E-state index in [1.165, 1.54) is 11.1 Å². The van der Waals surface area contributed by atoms with E-state index >= 15 is 0 Å².